The monoisotopic (exact) mass is 487 g/mol. The number of carbonyl (C=O) groups excluding carboxylic acids is 2. The lowest BCUT2D eigenvalue weighted by Gasteiger charge is -2.32. The standard InChI is InChI=1S/C27H29N5O4/c1-19-9-4-6-13-23(19)32(25(33)18-31-24-14-7-5-12-22(24)29-30-31)26(27(34)28-15-16-35-2)20-10-8-11-21(17-20)36-3/h4-14,17,26H,15-16,18H2,1-3H3,(H,28,34)/t26-/m1/s1. The normalized spacial score (nSPS) is 11.8. The summed E-state index contributed by atoms with van der Waals surface area (Å²) in [6, 6.07) is 21.1. The zero-order valence-corrected chi connectivity index (χ0v) is 20.5. The fraction of sp³-hybridized carbons (Fsp3) is 0.259. The number of ether oxygens (including phenoxy) is 2. The Kier molecular flexibility index (Phi) is 7.92. The molecule has 0 fully saturated rings. The number of fused-ring (bicyclic) bond motifs is 1. The average molecular weight is 488 g/mol. The van der Waals surface area contributed by atoms with Crippen molar-refractivity contribution in [2.45, 2.75) is 19.5 Å². The Hall–Kier alpha value is -4.24. The molecule has 0 unspecified atom stereocenters. The summed E-state index contributed by atoms with van der Waals surface area (Å²) in [5.41, 5.74) is 3.52. The number of anilines is 1. The third kappa shape index (κ3) is 5.36. The Morgan fingerprint density at radius 2 is 1.81 bits per heavy atom. The average Bonchev–Trinajstić information content (AvgIpc) is 3.30. The Balaban J connectivity index is 1.80. The van der Waals surface area contributed by atoms with Gasteiger partial charge in [-0.3, -0.25) is 14.5 Å². The molecule has 0 saturated heterocycles. The molecule has 0 saturated carbocycles. The summed E-state index contributed by atoms with van der Waals surface area (Å²) >= 11 is 0. The topological polar surface area (TPSA) is 98.6 Å². The number of carbonyl (C=O) groups is 2. The van der Waals surface area contributed by atoms with E-state index in [1.807, 2.05) is 61.5 Å². The highest BCUT2D eigenvalue weighted by Crippen LogP contribution is 2.32. The Labute approximate surface area is 209 Å². The zero-order valence-electron chi connectivity index (χ0n) is 20.5. The van der Waals surface area contributed by atoms with Gasteiger partial charge in [0.15, 0.2) is 0 Å². The molecule has 2 amide bonds. The van der Waals surface area contributed by atoms with Crippen LogP contribution in [0.15, 0.2) is 72.8 Å². The SMILES string of the molecule is COCCNC(=O)[C@@H](c1cccc(OC)c1)N(C(=O)Cn1nnc2ccccc21)c1ccccc1C. The molecule has 0 spiro atoms. The van der Waals surface area contributed by atoms with Gasteiger partial charge in [-0.15, -0.1) is 5.10 Å². The molecule has 0 radical (unpaired) electrons. The minimum Gasteiger partial charge on any atom is -0.497 e. The lowest BCUT2D eigenvalue weighted by atomic mass is 10.0. The summed E-state index contributed by atoms with van der Waals surface area (Å²) in [6.45, 7) is 2.46. The van der Waals surface area contributed by atoms with Crippen molar-refractivity contribution in [3.63, 3.8) is 0 Å². The van der Waals surface area contributed by atoms with Crippen LogP contribution in [0, 0.1) is 6.92 Å². The Morgan fingerprint density at radius 3 is 2.58 bits per heavy atom. The summed E-state index contributed by atoms with van der Waals surface area (Å²) in [6.07, 6.45) is 0. The molecule has 1 atom stereocenters. The number of benzene rings is 3. The molecule has 1 heterocycles. The van der Waals surface area contributed by atoms with E-state index >= 15 is 0 Å². The van der Waals surface area contributed by atoms with Gasteiger partial charge >= 0.3 is 0 Å². The van der Waals surface area contributed by atoms with E-state index in [1.54, 1.807) is 37.1 Å². The number of nitrogens with one attached hydrogen (secondary N) is 1. The van der Waals surface area contributed by atoms with E-state index in [1.165, 1.54) is 4.90 Å². The smallest absolute Gasteiger partial charge is 0.249 e. The van der Waals surface area contributed by atoms with Gasteiger partial charge in [0.25, 0.3) is 0 Å². The van der Waals surface area contributed by atoms with Gasteiger partial charge in [0.1, 0.15) is 23.9 Å². The molecular formula is C27H29N5O4. The number of methoxy groups -OCH3 is 2. The second-order valence-electron chi connectivity index (χ2n) is 8.25. The molecule has 4 rings (SSSR count). The van der Waals surface area contributed by atoms with Crippen LogP contribution >= 0.6 is 0 Å². The minimum absolute atomic E-state index is 0.0966. The van der Waals surface area contributed by atoms with E-state index in [2.05, 4.69) is 15.6 Å². The third-order valence-corrected chi connectivity index (χ3v) is 5.87. The lowest BCUT2D eigenvalue weighted by molar-refractivity contribution is -0.127. The van der Waals surface area contributed by atoms with Crippen molar-refractivity contribution in [2.24, 2.45) is 0 Å². The molecule has 36 heavy (non-hydrogen) atoms. The predicted molar refractivity (Wildman–Crippen MR) is 137 cm³/mol. The number of para-hydroxylation sites is 2. The number of amides is 2. The second kappa shape index (κ2) is 11.5. The van der Waals surface area contributed by atoms with E-state index in [-0.39, 0.29) is 18.4 Å². The number of nitrogens with zero attached hydrogens (tertiary/aromatic N) is 4. The Bertz CT molecular complexity index is 1350. The van der Waals surface area contributed by atoms with Crippen molar-refractivity contribution in [1.82, 2.24) is 20.3 Å². The molecule has 4 aromatic rings. The van der Waals surface area contributed by atoms with E-state index in [4.69, 9.17) is 9.47 Å². The molecule has 0 aliphatic carbocycles. The maximum atomic E-state index is 14.0. The number of hydrogen-bond acceptors (Lipinski definition) is 6. The minimum atomic E-state index is -0.958. The summed E-state index contributed by atoms with van der Waals surface area (Å²) in [7, 11) is 3.13. The molecule has 0 aliphatic heterocycles. The number of aryl methyl sites for hydroxylation is 1. The van der Waals surface area contributed by atoms with Gasteiger partial charge in [-0.2, -0.15) is 0 Å². The van der Waals surface area contributed by atoms with Crippen LogP contribution in [0.1, 0.15) is 17.2 Å². The lowest BCUT2D eigenvalue weighted by Crippen LogP contribution is -2.46. The summed E-state index contributed by atoms with van der Waals surface area (Å²) < 4.78 is 12.1. The highest BCUT2D eigenvalue weighted by atomic mass is 16.5. The van der Waals surface area contributed by atoms with E-state index in [9.17, 15) is 9.59 Å². The summed E-state index contributed by atoms with van der Waals surface area (Å²) in [4.78, 5) is 29.2. The highest BCUT2D eigenvalue weighted by Gasteiger charge is 2.34. The van der Waals surface area contributed by atoms with Crippen LogP contribution in [0.3, 0.4) is 0 Å². The highest BCUT2D eigenvalue weighted by molar-refractivity contribution is 6.02. The fourth-order valence-electron chi connectivity index (χ4n) is 4.09. The molecular weight excluding hydrogens is 458 g/mol. The van der Waals surface area contributed by atoms with Crippen molar-refractivity contribution in [3.8, 4) is 5.75 Å². The number of hydrogen-bond donors (Lipinski definition) is 1. The van der Waals surface area contributed by atoms with Crippen LogP contribution in [0.5, 0.6) is 5.75 Å². The summed E-state index contributed by atoms with van der Waals surface area (Å²) in [5.74, 6) is -0.0586. The van der Waals surface area contributed by atoms with Gasteiger partial charge in [0, 0.05) is 19.3 Å². The van der Waals surface area contributed by atoms with E-state index < -0.39 is 6.04 Å². The molecule has 186 valence electrons. The van der Waals surface area contributed by atoms with Gasteiger partial charge in [-0.25, -0.2) is 4.68 Å². The molecule has 1 aromatic heterocycles. The van der Waals surface area contributed by atoms with Crippen molar-refractivity contribution in [1.29, 1.82) is 0 Å². The molecule has 1 N–H and O–H groups in total. The van der Waals surface area contributed by atoms with Crippen LogP contribution in [0.4, 0.5) is 5.69 Å². The molecule has 0 bridgehead atoms. The van der Waals surface area contributed by atoms with Crippen LogP contribution < -0.4 is 15.0 Å². The first-order valence-corrected chi connectivity index (χ1v) is 11.6. The molecule has 9 nitrogen and oxygen atoms in total. The molecule has 9 heteroatoms. The van der Waals surface area contributed by atoms with E-state index in [0.29, 0.717) is 35.7 Å². The maximum Gasteiger partial charge on any atom is 0.249 e. The van der Waals surface area contributed by atoms with Gasteiger partial charge < -0.3 is 14.8 Å². The van der Waals surface area contributed by atoms with Crippen molar-refractivity contribution in [3.05, 3.63) is 83.9 Å². The maximum absolute atomic E-state index is 14.0. The van der Waals surface area contributed by atoms with E-state index in [0.717, 1.165) is 11.1 Å². The first-order valence-electron chi connectivity index (χ1n) is 11.6. The van der Waals surface area contributed by atoms with Gasteiger partial charge in [0.2, 0.25) is 11.8 Å². The van der Waals surface area contributed by atoms with Gasteiger partial charge in [-0.05, 0) is 48.4 Å². The van der Waals surface area contributed by atoms with Gasteiger partial charge in [0.05, 0.1) is 19.2 Å². The van der Waals surface area contributed by atoms with Crippen molar-refractivity contribution < 1.29 is 19.1 Å². The number of rotatable bonds is 10. The molecule has 3 aromatic carbocycles. The first kappa shape index (κ1) is 24.9. The largest absolute Gasteiger partial charge is 0.497 e. The van der Waals surface area contributed by atoms with Crippen LogP contribution in [-0.4, -0.2) is 54.2 Å². The quantitative estimate of drug-likeness (QED) is 0.345. The van der Waals surface area contributed by atoms with Crippen molar-refractivity contribution >= 4 is 28.5 Å². The first-order chi connectivity index (χ1) is 17.5. The molecule has 0 aliphatic rings. The Morgan fingerprint density at radius 1 is 1.03 bits per heavy atom. The van der Waals surface area contributed by atoms with Gasteiger partial charge in [-0.1, -0.05) is 47.7 Å². The van der Waals surface area contributed by atoms with Crippen LogP contribution in [-0.2, 0) is 20.9 Å². The predicted octanol–water partition coefficient (Wildman–Crippen LogP) is 3.29. The third-order valence-electron chi connectivity index (χ3n) is 5.87. The van der Waals surface area contributed by atoms with Crippen molar-refractivity contribution in [2.75, 3.05) is 32.3 Å². The van der Waals surface area contributed by atoms with Crippen LogP contribution in [0.25, 0.3) is 11.0 Å². The second-order valence-corrected chi connectivity index (χ2v) is 8.25. The van der Waals surface area contributed by atoms with Crippen LogP contribution in [0.2, 0.25) is 0 Å². The fourth-order valence-corrected chi connectivity index (χ4v) is 4.09. The number of aromatic nitrogens is 3. The summed E-state index contributed by atoms with van der Waals surface area (Å²) in [5, 5.41) is 11.2. The zero-order chi connectivity index (χ0) is 25.5.